The summed E-state index contributed by atoms with van der Waals surface area (Å²) in [4.78, 5) is 27.0. The van der Waals surface area contributed by atoms with E-state index in [1.807, 2.05) is 0 Å². The molecule has 0 aliphatic carbocycles. The number of anilines is 2. The lowest BCUT2D eigenvalue weighted by atomic mass is 10.1. The first-order chi connectivity index (χ1) is 12.0. The van der Waals surface area contributed by atoms with Gasteiger partial charge in [0.05, 0.1) is 16.3 Å². The Morgan fingerprint density at radius 1 is 1.20 bits per heavy atom. The summed E-state index contributed by atoms with van der Waals surface area (Å²) in [6.45, 7) is 0. The monoisotopic (exact) mass is 358 g/mol. The molecule has 3 aromatic rings. The van der Waals surface area contributed by atoms with E-state index in [0.717, 1.165) is 11.3 Å². The fourth-order valence-corrected chi connectivity index (χ4v) is 2.92. The van der Waals surface area contributed by atoms with Gasteiger partial charge in [0.15, 0.2) is 5.13 Å². The van der Waals surface area contributed by atoms with Crippen molar-refractivity contribution in [1.29, 1.82) is 0 Å². The average Bonchev–Trinajstić information content (AvgIpc) is 2.99. The molecule has 0 atom stereocenters. The Hall–Kier alpha value is -3.33. The number of rotatable bonds is 4. The van der Waals surface area contributed by atoms with E-state index in [9.17, 15) is 19.3 Å². The molecule has 25 heavy (non-hydrogen) atoms. The van der Waals surface area contributed by atoms with Gasteiger partial charge in [-0.15, -0.1) is 0 Å². The lowest BCUT2D eigenvalue weighted by Gasteiger charge is -2.06. The summed E-state index contributed by atoms with van der Waals surface area (Å²) in [5.74, 6) is -1.13. The molecule has 0 aliphatic heterocycles. The van der Waals surface area contributed by atoms with Gasteiger partial charge < -0.3 is 11.1 Å². The summed E-state index contributed by atoms with van der Waals surface area (Å²) in [6, 6.07) is 11.3. The number of carbonyl (C=O) groups excluding carboxylic acids is 1. The number of benzene rings is 2. The minimum atomic E-state index is -0.565. The van der Waals surface area contributed by atoms with Gasteiger partial charge in [-0.3, -0.25) is 14.9 Å². The average molecular weight is 358 g/mol. The highest BCUT2D eigenvalue weighted by Gasteiger charge is 2.20. The van der Waals surface area contributed by atoms with Crippen LogP contribution in [0.2, 0.25) is 0 Å². The van der Waals surface area contributed by atoms with Gasteiger partial charge in [0.1, 0.15) is 10.7 Å². The zero-order valence-electron chi connectivity index (χ0n) is 12.6. The van der Waals surface area contributed by atoms with Crippen molar-refractivity contribution in [2.24, 2.45) is 0 Å². The number of nitro groups is 1. The van der Waals surface area contributed by atoms with Crippen LogP contribution in [-0.2, 0) is 0 Å². The maximum absolute atomic E-state index is 13.7. The molecule has 0 saturated heterocycles. The summed E-state index contributed by atoms with van der Waals surface area (Å²) < 4.78 is 13.7. The van der Waals surface area contributed by atoms with Gasteiger partial charge in [-0.1, -0.05) is 23.5 Å². The van der Waals surface area contributed by atoms with Crippen LogP contribution in [0, 0.1) is 15.9 Å². The van der Waals surface area contributed by atoms with Crippen LogP contribution in [0.15, 0.2) is 48.5 Å². The number of halogens is 1. The van der Waals surface area contributed by atoms with E-state index in [1.54, 1.807) is 6.07 Å². The Bertz CT molecular complexity index is 956. The number of nitro benzene ring substituents is 1. The standard InChI is InChI=1S/C16H11FN4O3S/c17-11-3-1-2-4-12(11)19-15(22)14-13(20-16(18)25-14)9-5-7-10(8-6-9)21(23)24/h1-8H,(H2,18,20)(H,19,22). The number of hydrogen-bond acceptors (Lipinski definition) is 6. The number of nitrogens with one attached hydrogen (secondary N) is 1. The number of amides is 1. The van der Waals surface area contributed by atoms with Gasteiger partial charge in [-0.05, 0) is 24.3 Å². The number of nitrogens with zero attached hydrogens (tertiary/aromatic N) is 2. The van der Waals surface area contributed by atoms with Crippen LogP contribution in [0.4, 0.5) is 20.9 Å². The van der Waals surface area contributed by atoms with Crippen molar-refractivity contribution in [1.82, 2.24) is 4.98 Å². The molecule has 1 amide bonds. The second kappa shape index (κ2) is 6.65. The maximum atomic E-state index is 13.7. The van der Waals surface area contributed by atoms with E-state index in [4.69, 9.17) is 5.73 Å². The molecule has 1 heterocycles. The third-order valence-corrected chi connectivity index (χ3v) is 4.21. The Kier molecular flexibility index (Phi) is 4.40. The van der Waals surface area contributed by atoms with Gasteiger partial charge in [0, 0.05) is 17.7 Å². The number of hydrogen-bond donors (Lipinski definition) is 2. The topological polar surface area (TPSA) is 111 Å². The number of non-ortho nitro benzene ring substituents is 1. The minimum absolute atomic E-state index is 0.0362. The van der Waals surface area contributed by atoms with Gasteiger partial charge in [-0.25, -0.2) is 9.37 Å². The molecule has 0 radical (unpaired) electrons. The van der Waals surface area contributed by atoms with Crippen LogP contribution in [-0.4, -0.2) is 15.8 Å². The molecule has 0 spiro atoms. The minimum Gasteiger partial charge on any atom is -0.375 e. The first-order valence-corrected chi connectivity index (χ1v) is 7.84. The van der Waals surface area contributed by atoms with Crippen molar-refractivity contribution < 1.29 is 14.1 Å². The Morgan fingerprint density at radius 3 is 2.52 bits per heavy atom. The largest absolute Gasteiger partial charge is 0.375 e. The summed E-state index contributed by atoms with van der Waals surface area (Å²) in [5, 5.41) is 13.4. The number of carbonyl (C=O) groups is 1. The van der Waals surface area contributed by atoms with E-state index in [1.165, 1.54) is 42.5 Å². The van der Waals surface area contributed by atoms with Crippen LogP contribution in [0.1, 0.15) is 9.67 Å². The van der Waals surface area contributed by atoms with Gasteiger partial charge in [0.2, 0.25) is 0 Å². The fourth-order valence-electron chi connectivity index (χ4n) is 2.17. The number of thiazole rings is 1. The molecular weight excluding hydrogens is 347 g/mol. The molecule has 0 aliphatic rings. The smallest absolute Gasteiger partial charge is 0.269 e. The second-order valence-electron chi connectivity index (χ2n) is 4.97. The predicted molar refractivity (Wildman–Crippen MR) is 93.0 cm³/mol. The summed E-state index contributed by atoms with van der Waals surface area (Å²) in [6.07, 6.45) is 0. The Morgan fingerprint density at radius 2 is 1.88 bits per heavy atom. The van der Waals surface area contributed by atoms with Crippen LogP contribution in [0.3, 0.4) is 0 Å². The molecule has 0 fully saturated rings. The SMILES string of the molecule is Nc1nc(-c2ccc([N+](=O)[O-])cc2)c(C(=O)Nc2ccccc2F)s1. The van der Waals surface area contributed by atoms with Gasteiger partial charge in [-0.2, -0.15) is 0 Å². The molecule has 1 aromatic heterocycles. The Balaban J connectivity index is 1.94. The molecular formula is C16H11FN4O3S. The normalized spacial score (nSPS) is 10.4. The quantitative estimate of drug-likeness (QED) is 0.546. The third kappa shape index (κ3) is 3.45. The highest BCUT2D eigenvalue weighted by atomic mass is 32.1. The Labute approximate surface area is 145 Å². The van der Waals surface area contributed by atoms with Crippen LogP contribution in [0.25, 0.3) is 11.3 Å². The van der Waals surface area contributed by atoms with Crippen molar-refractivity contribution in [2.45, 2.75) is 0 Å². The van der Waals surface area contributed by atoms with Gasteiger partial charge in [0.25, 0.3) is 11.6 Å². The third-order valence-electron chi connectivity index (χ3n) is 3.32. The molecule has 0 bridgehead atoms. The highest BCUT2D eigenvalue weighted by Crippen LogP contribution is 2.31. The van der Waals surface area contributed by atoms with Crippen molar-refractivity contribution >= 4 is 33.8 Å². The van der Waals surface area contributed by atoms with E-state index in [2.05, 4.69) is 10.3 Å². The van der Waals surface area contributed by atoms with E-state index in [0.29, 0.717) is 5.56 Å². The maximum Gasteiger partial charge on any atom is 0.269 e. The first-order valence-electron chi connectivity index (χ1n) is 7.02. The number of para-hydroxylation sites is 1. The number of nitrogens with two attached hydrogens (primary N) is 1. The molecule has 3 N–H and O–H groups in total. The zero-order chi connectivity index (χ0) is 18.0. The predicted octanol–water partition coefficient (Wildman–Crippen LogP) is 3.69. The van der Waals surface area contributed by atoms with Crippen molar-refractivity contribution in [3.63, 3.8) is 0 Å². The molecule has 3 rings (SSSR count). The highest BCUT2D eigenvalue weighted by molar-refractivity contribution is 7.17. The van der Waals surface area contributed by atoms with Crippen molar-refractivity contribution in [3.05, 3.63) is 69.3 Å². The van der Waals surface area contributed by atoms with Crippen LogP contribution >= 0.6 is 11.3 Å². The van der Waals surface area contributed by atoms with Crippen molar-refractivity contribution in [2.75, 3.05) is 11.1 Å². The van der Waals surface area contributed by atoms with E-state index in [-0.39, 0.29) is 27.1 Å². The summed E-state index contributed by atoms with van der Waals surface area (Å²) in [5.41, 5.74) is 6.44. The zero-order valence-corrected chi connectivity index (χ0v) is 13.4. The number of aromatic nitrogens is 1. The van der Waals surface area contributed by atoms with Gasteiger partial charge >= 0.3 is 0 Å². The van der Waals surface area contributed by atoms with E-state index < -0.39 is 16.6 Å². The number of nitrogen functional groups attached to an aromatic ring is 1. The summed E-state index contributed by atoms with van der Waals surface area (Å²) in [7, 11) is 0. The van der Waals surface area contributed by atoms with Crippen LogP contribution < -0.4 is 11.1 Å². The lowest BCUT2D eigenvalue weighted by molar-refractivity contribution is -0.384. The van der Waals surface area contributed by atoms with Crippen LogP contribution in [0.5, 0.6) is 0 Å². The molecule has 0 saturated carbocycles. The lowest BCUT2D eigenvalue weighted by Crippen LogP contribution is -2.12. The summed E-state index contributed by atoms with van der Waals surface area (Å²) >= 11 is 0.951. The molecule has 7 nitrogen and oxygen atoms in total. The van der Waals surface area contributed by atoms with E-state index >= 15 is 0 Å². The molecule has 9 heteroatoms. The van der Waals surface area contributed by atoms with Crippen molar-refractivity contribution in [3.8, 4) is 11.3 Å². The first kappa shape index (κ1) is 16.5. The molecule has 2 aromatic carbocycles. The molecule has 0 unspecified atom stereocenters. The second-order valence-corrected chi connectivity index (χ2v) is 6.00. The fraction of sp³-hybridized carbons (Fsp3) is 0. The molecule has 126 valence electrons.